The Labute approximate surface area is 148 Å². The van der Waals surface area contributed by atoms with Gasteiger partial charge in [0.2, 0.25) is 0 Å². The molecule has 5 rings (SSSR count). The number of hydrogen-bond acceptors (Lipinski definition) is 5. The van der Waals surface area contributed by atoms with Gasteiger partial charge in [-0.1, -0.05) is 26.0 Å². The molecule has 0 radical (unpaired) electrons. The lowest BCUT2D eigenvalue weighted by atomic mass is 9.60. The summed E-state index contributed by atoms with van der Waals surface area (Å²) in [6, 6.07) is 0. The highest BCUT2D eigenvalue weighted by atomic mass is 16.5. The van der Waals surface area contributed by atoms with Gasteiger partial charge in [-0.25, -0.2) is 0 Å². The number of ether oxygens (including phenoxy) is 1. The average Bonchev–Trinajstić information content (AvgIpc) is 3.09. The lowest BCUT2D eigenvalue weighted by molar-refractivity contribution is -0.158. The minimum Gasteiger partial charge on any atom is -0.390 e. The molecule has 2 aliphatic heterocycles. The Morgan fingerprint density at radius 2 is 2.12 bits per heavy atom. The van der Waals surface area contributed by atoms with Crippen molar-refractivity contribution in [2.45, 2.75) is 75.8 Å². The predicted molar refractivity (Wildman–Crippen MR) is 94.8 cm³/mol. The highest BCUT2D eigenvalue weighted by Crippen LogP contribution is 2.66. The van der Waals surface area contributed by atoms with Crippen molar-refractivity contribution >= 4 is 5.71 Å². The second kappa shape index (κ2) is 4.76. The number of hydrazone groups is 1. The van der Waals surface area contributed by atoms with Crippen molar-refractivity contribution < 1.29 is 14.9 Å². The van der Waals surface area contributed by atoms with Crippen LogP contribution < -0.4 is 5.84 Å². The summed E-state index contributed by atoms with van der Waals surface area (Å²) in [5, 5.41) is 25.2. The van der Waals surface area contributed by atoms with Crippen LogP contribution in [0.5, 0.6) is 0 Å². The molecule has 5 aliphatic rings. The Hall–Kier alpha value is -1.17. The van der Waals surface area contributed by atoms with E-state index in [1.54, 1.807) is 0 Å². The normalized spacial score (nSPS) is 55.3. The van der Waals surface area contributed by atoms with Crippen molar-refractivity contribution in [3.8, 4) is 0 Å². The first-order chi connectivity index (χ1) is 11.9. The molecule has 3 fully saturated rings. The zero-order valence-corrected chi connectivity index (χ0v) is 15.0. The zero-order chi connectivity index (χ0) is 17.6. The number of hydrogen-bond donors (Lipinski definition) is 3. The van der Waals surface area contributed by atoms with Gasteiger partial charge in [0.15, 0.2) is 0 Å². The third-order valence-electron chi connectivity index (χ3n) is 8.04. The second-order valence-electron chi connectivity index (χ2n) is 9.15. The molecule has 0 aromatic rings. The van der Waals surface area contributed by atoms with E-state index in [4.69, 9.17) is 10.6 Å². The molecule has 1 unspecified atom stereocenters. The van der Waals surface area contributed by atoms with Crippen LogP contribution in [-0.4, -0.2) is 39.3 Å². The van der Waals surface area contributed by atoms with E-state index < -0.39 is 17.8 Å². The van der Waals surface area contributed by atoms with E-state index in [0.29, 0.717) is 5.92 Å². The number of fused-ring (bicyclic) bond motifs is 1. The molecular formula is C20H28N2O3. The number of allylic oxidation sites excluding steroid dienone is 1. The second-order valence-corrected chi connectivity index (χ2v) is 9.15. The van der Waals surface area contributed by atoms with Gasteiger partial charge < -0.3 is 20.8 Å². The molecule has 3 aliphatic carbocycles. The first kappa shape index (κ1) is 16.0. The topological polar surface area (TPSA) is 88.1 Å². The maximum absolute atomic E-state index is 10.7. The monoisotopic (exact) mass is 344 g/mol. The number of rotatable bonds is 0. The fraction of sp³-hybridized carbons (Fsp3) is 0.750. The molecule has 1 saturated heterocycles. The SMILES string of the molecule is C[C@H]1C[C@@]23CCC4(O2)C(=CC[C@]2(C)/C(=N/N)CC[C@@H]42)C=C3[C@@H](O)[C@@H]1O. The fourth-order valence-corrected chi connectivity index (χ4v) is 6.72. The van der Waals surface area contributed by atoms with Crippen LogP contribution in [0.2, 0.25) is 0 Å². The maximum atomic E-state index is 10.7. The molecule has 4 N–H and O–H groups in total. The molecule has 0 amide bonds. The van der Waals surface area contributed by atoms with E-state index >= 15 is 0 Å². The van der Waals surface area contributed by atoms with E-state index in [1.807, 2.05) is 6.92 Å². The highest BCUT2D eigenvalue weighted by Gasteiger charge is 2.67. The number of nitrogens with zero attached hydrogens (tertiary/aromatic N) is 1. The van der Waals surface area contributed by atoms with Gasteiger partial charge in [0.25, 0.3) is 0 Å². The van der Waals surface area contributed by atoms with Gasteiger partial charge >= 0.3 is 0 Å². The fourth-order valence-electron chi connectivity index (χ4n) is 6.72. The van der Waals surface area contributed by atoms with E-state index in [0.717, 1.165) is 49.8 Å². The molecule has 7 atom stereocenters. The van der Waals surface area contributed by atoms with Crippen LogP contribution in [0.4, 0.5) is 0 Å². The summed E-state index contributed by atoms with van der Waals surface area (Å²) in [5.74, 6) is 6.12. The van der Waals surface area contributed by atoms with Gasteiger partial charge in [0, 0.05) is 17.0 Å². The Bertz CT molecular complexity index is 728. The summed E-state index contributed by atoms with van der Waals surface area (Å²) >= 11 is 0. The highest BCUT2D eigenvalue weighted by molar-refractivity contribution is 5.93. The summed E-state index contributed by atoms with van der Waals surface area (Å²) in [6.45, 7) is 4.30. The van der Waals surface area contributed by atoms with Gasteiger partial charge in [-0.05, 0) is 55.6 Å². The summed E-state index contributed by atoms with van der Waals surface area (Å²) in [4.78, 5) is 0. The minimum absolute atomic E-state index is 0.0203. The maximum Gasteiger partial charge on any atom is 0.104 e. The molecule has 5 heteroatoms. The Kier molecular flexibility index (Phi) is 3.05. The molecular weight excluding hydrogens is 316 g/mol. The standard InChI is InChI=1S/C20H28N2O3/c1-11-10-19-7-8-20(25-19)12(9-13(19)17(24)16(11)23)5-6-18(2)14(20)3-4-15(18)22-21/h5,9,11,14,16-17,23-24H,3-4,6-8,10,21H2,1-2H3/b22-15+/t11-,14+,16+,17+,18-,19+,20?/m0/s1. The van der Waals surface area contributed by atoms with Crippen molar-refractivity contribution in [1.29, 1.82) is 0 Å². The molecule has 25 heavy (non-hydrogen) atoms. The van der Waals surface area contributed by atoms with Gasteiger partial charge in [0.1, 0.15) is 6.10 Å². The van der Waals surface area contributed by atoms with Crippen molar-refractivity contribution in [1.82, 2.24) is 0 Å². The number of nitrogens with two attached hydrogens (primary N) is 1. The summed E-state index contributed by atoms with van der Waals surface area (Å²) < 4.78 is 6.94. The van der Waals surface area contributed by atoms with Gasteiger partial charge in [-0.3, -0.25) is 0 Å². The van der Waals surface area contributed by atoms with Crippen molar-refractivity contribution in [3.05, 3.63) is 23.3 Å². The number of aliphatic hydroxyl groups is 2. The quantitative estimate of drug-likeness (QED) is 0.463. The summed E-state index contributed by atoms with van der Waals surface area (Å²) in [7, 11) is 0. The molecule has 2 saturated carbocycles. The first-order valence-electron chi connectivity index (χ1n) is 9.63. The average molecular weight is 344 g/mol. The summed E-state index contributed by atoms with van der Waals surface area (Å²) in [5.41, 5.74) is 2.52. The zero-order valence-electron chi connectivity index (χ0n) is 15.0. The van der Waals surface area contributed by atoms with Crippen LogP contribution in [0.1, 0.15) is 52.4 Å². The number of aliphatic hydroxyl groups excluding tert-OH is 2. The van der Waals surface area contributed by atoms with E-state index in [-0.39, 0.29) is 16.9 Å². The molecule has 2 bridgehead atoms. The van der Waals surface area contributed by atoms with Gasteiger partial charge in [0.05, 0.1) is 17.3 Å². The first-order valence-corrected chi connectivity index (χ1v) is 9.63. The van der Waals surface area contributed by atoms with Crippen molar-refractivity contribution in [2.75, 3.05) is 0 Å². The minimum atomic E-state index is -0.821. The van der Waals surface area contributed by atoms with Crippen molar-refractivity contribution in [3.63, 3.8) is 0 Å². The van der Waals surface area contributed by atoms with E-state index in [9.17, 15) is 10.2 Å². The molecule has 0 aromatic heterocycles. The van der Waals surface area contributed by atoms with Gasteiger partial charge in [-0.15, -0.1) is 0 Å². The molecule has 0 aromatic carbocycles. The largest absolute Gasteiger partial charge is 0.390 e. The third kappa shape index (κ3) is 1.72. The third-order valence-corrected chi connectivity index (χ3v) is 8.04. The van der Waals surface area contributed by atoms with E-state index in [2.05, 4.69) is 24.2 Å². The molecule has 5 nitrogen and oxygen atoms in total. The molecule has 136 valence electrons. The van der Waals surface area contributed by atoms with Gasteiger partial charge in [-0.2, -0.15) is 5.10 Å². The smallest absolute Gasteiger partial charge is 0.104 e. The van der Waals surface area contributed by atoms with Crippen LogP contribution in [-0.2, 0) is 4.74 Å². The lowest BCUT2D eigenvalue weighted by Crippen LogP contribution is -2.58. The van der Waals surface area contributed by atoms with Crippen molar-refractivity contribution in [2.24, 2.45) is 28.2 Å². The van der Waals surface area contributed by atoms with E-state index in [1.165, 1.54) is 5.57 Å². The van der Waals surface area contributed by atoms with Crippen LogP contribution >= 0.6 is 0 Å². The lowest BCUT2D eigenvalue weighted by Gasteiger charge is -2.54. The molecule has 2 heterocycles. The molecule has 2 spiro atoms. The Balaban J connectivity index is 1.65. The summed E-state index contributed by atoms with van der Waals surface area (Å²) in [6.07, 6.45) is 8.52. The van der Waals surface area contributed by atoms with Crippen LogP contribution in [0.3, 0.4) is 0 Å². The Morgan fingerprint density at radius 3 is 2.88 bits per heavy atom. The predicted octanol–water partition coefficient (Wildman–Crippen LogP) is 2.04. The van der Waals surface area contributed by atoms with Crippen LogP contribution in [0, 0.1) is 17.3 Å². The van der Waals surface area contributed by atoms with Crippen LogP contribution in [0.25, 0.3) is 0 Å². The Morgan fingerprint density at radius 1 is 1.32 bits per heavy atom. The van der Waals surface area contributed by atoms with Crippen LogP contribution in [0.15, 0.2) is 28.4 Å².